The topological polar surface area (TPSA) is 46.5 Å². The predicted octanol–water partition coefficient (Wildman–Crippen LogP) is 4.21. The molecule has 1 heterocycles. The second-order valence-electron chi connectivity index (χ2n) is 5.43. The van der Waals surface area contributed by atoms with E-state index in [2.05, 4.69) is 0 Å². The Morgan fingerprint density at radius 2 is 2.00 bits per heavy atom. The normalized spacial score (nSPS) is 17.3. The lowest BCUT2D eigenvalue weighted by Crippen LogP contribution is -2.04. The summed E-state index contributed by atoms with van der Waals surface area (Å²) < 4.78 is 32.7. The molecular formula is C18H14F2O3. The molecule has 2 aromatic carbocycles. The van der Waals surface area contributed by atoms with Crippen molar-refractivity contribution in [3.63, 3.8) is 0 Å². The molecule has 23 heavy (non-hydrogen) atoms. The summed E-state index contributed by atoms with van der Waals surface area (Å²) >= 11 is 0. The lowest BCUT2D eigenvalue weighted by Gasteiger charge is -2.11. The summed E-state index contributed by atoms with van der Waals surface area (Å²) in [7, 11) is 0. The minimum Gasteiger partial charge on any atom is -0.492 e. The van der Waals surface area contributed by atoms with E-state index in [0.717, 1.165) is 11.6 Å². The molecule has 0 amide bonds. The zero-order valence-corrected chi connectivity index (χ0v) is 12.3. The third-order valence-electron chi connectivity index (χ3n) is 3.98. The van der Waals surface area contributed by atoms with Gasteiger partial charge in [0.05, 0.1) is 12.2 Å². The van der Waals surface area contributed by atoms with E-state index in [1.54, 1.807) is 12.1 Å². The van der Waals surface area contributed by atoms with E-state index in [0.29, 0.717) is 16.9 Å². The maximum Gasteiger partial charge on any atom is 0.335 e. The number of ether oxygens (including phenoxy) is 1. The lowest BCUT2D eigenvalue weighted by molar-refractivity contribution is 0.0697. The van der Waals surface area contributed by atoms with Gasteiger partial charge in [-0.05, 0) is 36.3 Å². The van der Waals surface area contributed by atoms with Gasteiger partial charge in [0.1, 0.15) is 17.4 Å². The molecule has 118 valence electrons. The van der Waals surface area contributed by atoms with Crippen molar-refractivity contribution in [2.75, 3.05) is 6.61 Å². The van der Waals surface area contributed by atoms with E-state index < -0.39 is 17.6 Å². The van der Waals surface area contributed by atoms with Gasteiger partial charge in [-0.25, -0.2) is 13.6 Å². The Kier molecular flexibility index (Phi) is 3.86. The molecule has 0 saturated heterocycles. The summed E-state index contributed by atoms with van der Waals surface area (Å²) in [6.45, 7) is 2.05. The van der Waals surface area contributed by atoms with Crippen molar-refractivity contribution in [1.82, 2.24) is 0 Å². The Balaban J connectivity index is 2.00. The Labute approximate surface area is 131 Å². The number of benzene rings is 2. The van der Waals surface area contributed by atoms with Gasteiger partial charge in [0.2, 0.25) is 0 Å². The summed E-state index contributed by atoms with van der Waals surface area (Å²) in [5.74, 6) is -2.04. The maximum absolute atomic E-state index is 14.0. The van der Waals surface area contributed by atoms with Gasteiger partial charge in [-0.3, -0.25) is 0 Å². The first kappa shape index (κ1) is 15.2. The number of hydrogen-bond acceptors (Lipinski definition) is 2. The number of hydrogen-bond donors (Lipinski definition) is 1. The van der Waals surface area contributed by atoms with Crippen LogP contribution in [-0.2, 0) is 4.74 Å². The van der Waals surface area contributed by atoms with Crippen LogP contribution in [0.1, 0.15) is 34.3 Å². The molecule has 0 spiro atoms. The van der Waals surface area contributed by atoms with Crippen LogP contribution in [0.15, 0.2) is 48.0 Å². The molecule has 0 aromatic heterocycles. The molecule has 2 aromatic rings. The summed E-state index contributed by atoms with van der Waals surface area (Å²) in [6, 6.07) is 9.88. The lowest BCUT2D eigenvalue weighted by atomic mass is 9.92. The van der Waals surface area contributed by atoms with E-state index in [1.807, 2.05) is 6.92 Å². The number of aromatic carboxylic acids is 1. The van der Waals surface area contributed by atoms with Gasteiger partial charge in [0.25, 0.3) is 0 Å². The van der Waals surface area contributed by atoms with Gasteiger partial charge in [0, 0.05) is 17.5 Å². The van der Waals surface area contributed by atoms with E-state index in [9.17, 15) is 13.6 Å². The molecular weight excluding hydrogens is 302 g/mol. The molecule has 3 rings (SSSR count). The number of carbonyl (C=O) groups is 1. The first-order chi connectivity index (χ1) is 11.0. The molecule has 1 atom stereocenters. The third kappa shape index (κ3) is 2.82. The smallest absolute Gasteiger partial charge is 0.335 e. The van der Waals surface area contributed by atoms with Crippen molar-refractivity contribution in [2.45, 2.75) is 12.8 Å². The molecule has 1 aliphatic heterocycles. The highest BCUT2D eigenvalue weighted by Gasteiger charge is 2.28. The van der Waals surface area contributed by atoms with Crippen LogP contribution in [0.5, 0.6) is 0 Å². The number of rotatable bonds is 3. The van der Waals surface area contributed by atoms with Gasteiger partial charge < -0.3 is 9.84 Å². The van der Waals surface area contributed by atoms with E-state index in [-0.39, 0.29) is 18.1 Å². The summed E-state index contributed by atoms with van der Waals surface area (Å²) in [5.41, 5.74) is 1.95. The molecule has 0 fully saturated rings. The van der Waals surface area contributed by atoms with Crippen molar-refractivity contribution < 1.29 is 23.4 Å². The summed E-state index contributed by atoms with van der Waals surface area (Å²) in [5, 5.41) is 9.07. The molecule has 0 radical (unpaired) electrons. The first-order valence-corrected chi connectivity index (χ1v) is 7.09. The quantitative estimate of drug-likeness (QED) is 0.923. The largest absolute Gasteiger partial charge is 0.492 e. The van der Waals surface area contributed by atoms with Gasteiger partial charge in [-0.1, -0.05) is 18.2 Å². The standard InChI is InChI=1S/C18H14F2O3/c1-10-15(14-6-5-13(19)8-16(14)20)9-23-17(10)11-3-2-4-12(7-11)18(21)22/h2-8,15H,9H2,1H3,(H,21,22). The zero-order valence-electron chi connectivity index (χ0n) is 12.3. The second-order valence-corrected chi connectivity index (χ2v) is 5.43. The molecule has 0 aliphatic carbocycles. The van der Waals surface area contributed by atoms with Gasteiger partial charge in [0.15, 0.2) is 0 Å². The zero-order chi connectivity index (χ0) is 16.6. The molecule has 5 heteroatoms. The van der Waals surface area contributed by atoms with Crippen LogP contribution in [-0.4, -0.2) is 17.7 Å². The van der Waals surface area contributed by atoms with Crippen LogP contribution in [0.2, 0.25) is 0 Å². The van der Waals surface area contributed by atoms with Crippen molar-refractivity contribution >= 4 is 11.7 Å². The van der Waals surface area contributed by atoms with Crippen molar-refractivity contribution in [1.29, 1.82) is 0 Å². The highest BCUT2D eigenvalue weighted by molar-refractivity contribution is 5.88. The summed E-state index contributed by atoms with van der Waals surface area (Å²) in [6.07, 6.45) is 0. The number of halogens is 2. The van der Waals surface area contributed by atoms with E-state index in [1.165, 1.54) is 24.3 Å². The third-order valence-corrected chi connectivity index (χ3v) is 3.98. The monoisotopic (exact) mass is 316 g/mol. The fourth-order valence-corrected chi connectivity index (χ4v) is 2.78. The van der Waals surface area contributed by atoms with Crippen LogP contribution in [0.3, 0.4) is 0 Å². The molecule has 1 unspecified atom stereocenters. The molecule has 1 N–H and O–H groups in total. The van der Waals surface area contributed by atoms with Crippen LogP contribution in [0.4, 0.5) is 8.78 Å². The summed E-state index contributed by atoms with van der Waals surface area (Å²) in [4.78, 5) is 11.1. The highest BCUT2D eigenvalue weighted by Crippen LogP contribution is 2.39. The van der Waals surface area contributed by atoms with Gasteiger partial charge in [-0.15, -0.1) is 0 Å². The minimum atomic E-state index is -1.02. The van der Waals surface area contributed by atoms with Crippen molar-refractivity contribution in [3.8, 4) is 0 Å². The van der Waals surface area contributed by atoms with Crippen LogP contribution < -0.4 is 0 Å². The fourth-order valence-electron chi connectivity index (χ4n) is 2.78. The van der Waals surface area contributed by atoms with E-state index in [4.69, 9.17) is 9.84 Å². The molecule has 0 saturated carbocycles. The number of carboxylic acid groups (broad SMARTS) is 1. The fraction of sp³-hybridized carbons (Fsp3) is 0.167. The Bertz CT molecular complexity index is 812. The van der Waals surface area contributed by atoms with Crippen molar-refractivity contribution in [2.24, 2.45) is 0 Å². The predicted molar refractivity (Wildman–Crippen MR) is 81.0 cm³/mol. The molecule has 3 nitrogen and oxygen atoms in total. The van der Waals surface area contributed by atoms with Crippen molar-refractivity contribution in [3.05, 3.63) is 76.4 Å². The van der Waals surface area contributed by atoms with Gasteiger partial charge in [-0.2, -0.15) is 0 Å². The van der Waals surface area contributed by atoms with Crippen LogP contribution >= 0.6 is 0 Å². The Morgan fingerprint density at radius 1 is 1.22 bits per heavy atom. The minimum absolute atomic E-state index is 0.155. The van der Waals surface area contributed by atoms with Crippen LogP contribution in [0, 0.1) is 11.6 Å². The highest BCUT2D eigenvalue weighted by atomic mass is 19.1. The van der Waals surface area contributed by atoms with E-state index >= 15 is 0 Å². The first-order valence-electron chi connectivity index (χ1n) is 7.09. The molecule has 0 bridgehead atoms. The SMILES string of the molecule is CC1=C(c2cccc(C(=O)O)c2)OCC1c1ccc(F)cc1F. The Morgan fingerprint density at radius 3 is 2.70 bits per heavy atom. The Hall–Kier alpha value is -2.69. The average molecular weight is 316 g/mol. The van der Waals surface area contributed by atoms with Crippen LogP contribution in [0.25, 0.3) is 5.76 Å². The average Bonchev–Trinajstić information content (AvgIpc) is 2.89. The van der Waals surface area contributed by atoms with Gasteiger partial charge >= 0.3 is 5.97 Å². The second kappa shape index (κ2) is 5.83. The number of carboxylic acids is 1. The molecule has 1 aliphatic rings. The maximum atomic E-state index is 14.0.